The normalized spacial score (nSPS) is 21.3. The van der Waals surface area contributed by atoms with E-state index in [9.17, 15) is 4.79 Å². The van der Waals surface area contributed by atoms with Gasteiger partial charge >= 0.3 is 0 Å². The van der Waals surface area contributed by atoms with Crippen molar-refractivity contribution >= 4 is 29.3 Å². The Hall–Kier alpha value is -1.69. The molecule has 1 fully saturated rings. The predicted molar refractivity (Wildman–Crippen MR) is 113 cm³/mol. The van der Waals surface area contributed by atoms with Crippen LogP contribution in [0.1, 0.15) is 45.1 Å². The van der Waals surface area contributed by atoms with Gasteiger partial charge in [-0.2, -0.15) is 11.8 Å². The van der Waals surface area contributed by atoms with Crippen molar-refractivity contribution in [3.05, 3.63) is 29.8 Å². The number of nitrogens with one attached hydrogen (secondary N) is 3. The van der Waals surface area contributed by atoms with E-state index >= 15 is 0 Å². The molecular weight excluding hydrogens is 344 g/mol. The predicted octanol–water partition coefficient (Wildman–Crippen LogP) is 3.62. The molecule has 1 amide bonds. The first-order valence-corrected chi connectivity index (χ1v) is 10.7. The second-order valence-corrected chi connectivity index (χ2v) is 8.07. The zero-order valence-corrected chi connectivity index (χ0v) is 17.2. The minimum atomic E-state index is 0.0244. The summed E-state index contributed by atoms with van der Waals surface area (Å²) in [6, 6.07) is 8.47. The van der Waals surface area contributed by atoms with Crippen LogP contribution in [-0.4, -0.2) is 36.5 Å². The van der Waals surface area contributed by atoms with Crippen LogP contribution in [-0.2, 0) is 11.3 Å². The van der Waals surface area contributed by atoms with E-state index in [1.54, 1.807) is 7.05 Å². The van der Waals surface area contributed by atoms with Gasteiger partial charge in [0.05, 0.1) is 0 Å². The molecule has 0 bridgehead atoms. The molecule has 1 aliphatic rings. The van der Waals surface area contributed by atoms with Gasteiger partial charge in [-0.3, -0.25) is 9.79 Å². The first-order valence-electron chi connectivity index (χ1n) is 9.45. The van der Waals surface area contributed by atoms with Crippen molar-refractivity contribution in [2.45, 2.75) is 57.4 Å². The number of benzene rings is 1. The molecule has 5 nitrogen and oxygen atoms in total. The van der Waals surface area contributed by atoms with E-state index in [4.69, 9.17) is 0 Å². The third-order valence-corrected chi connectivity index (χ3v) is 6.09. The molecule has 0 aromatic heterocycles. The van der Waals surface area contributed by atoms with Crippen LogP contribution in [0.5, 0.6) is 0 Å². The molecule has 26 heavy (non-hydrogen) atoms. The average molecular weight is 377 g/mol. The van der Waals surface area contributed by atoms with Crippen LogP contribution in [0.25, 0.3) is 0 Å². The summed E-state index contributed by atoms with van der Waals surface area (Å²) in [7, 11) is 1.80. The van der Waals surface area contributed by atoms with Crippen molar-refractivity contribution in [3.8, 4) is 0 Å². The Balaban J connectivity index is 1.86. The molecule has 2 rings (SSSR count). The fourth-order valence-corrected chi connectivity index (χ4v) is 3.87. The number of carbonyl (C=O) groups excluding carboxylic acids is 1. The maximum absolute atomic E-state index is 12.1. The molecule has 0 heterocycles. The Bertz CT molecular complexity index is 620. The lowest BCUT2D eigenvalue weighted by Gasteiger charge is -2.17. The van der Waals surface area contributed by atoms with Gasteiger partial charge in [-0.25, -0.2) is 0 Å². The van der Waals surface area contributed by atoms with Crippen LogP contribution in [0.4, 0.5) is 5.69 Å². The molecule has 1 aromatic carbocycles. The monoisotopic (exact) mass is 376 g/mol. The van der Waals surface area contributed by atoms with Gasteiger partial charge in [-0.05, 0) is 49.6 Å². The van der Waals surface area contributed by atoms with Crippen molar-refractivity contribution in [3.63, 3.8) is 0 Å². The van der Waals surface area contributed by atoms with E-state index in [1.165, 1.54) is 19.3 Å². The summed E-state index contributed by atoms with van der Waals surface area (Å²) in [5, 5.41) is 10.7. The van der Waals surface area contributed by atoms with E-state index in [0.29, 0.717) is 12.6 Å². The van der Waals surface area contributed by atoms with Crippen molar-refractivity contribution < 1.29 is 4.79 Å². The zero-order chi connectivity index (χ0) is 18.9. The Morgan fingerprint density at radius 2 is 2.19 bits per heavy atom. The fraction of sp³-hybridized carbons (Fsp3) is 0.600. The van der Waals surface area contributed by atoms with E-state index in [0.717, 1.165) is 28.9 Å². The number of aliphatic imine (C=N–C) groups is 1. The minimum Gasteiger partial charge on any atom is -0.354 e. The number of anilines is 1. The average Bonchev–Trinajstić information content (AvgIpc) is 3.12. The van der Waals surface area contributed by atoms with E-state index in [1.807, 2.05) is 43.8 Å². The van der Waals surface area contributed by atoms with Crippen molar-refractivity contribution in [2.24, 2.45) is 10.9 Å². The largest absolute Gasteiger partial charge is 0.354 e. The van der Waals surface area contributed by atoms with Gasteiger partial charge in [-0.15, -0.1) is 0 Å². The molecule has 1 aromatic rings. The summed E-state index contributed by atoms with van der Waals surface area (Å²) in [6.07, 6.45) is 6.69. The summed E-state index contributed by atoms with van der Waals surface area (Å²) < 4.78 is 0. The molecule has 3 N–H and O–H groups in total. The first-order chi connectivity index (χ1) is 12.5. The second-order valence-electron chi connectivity index (χ2n) is 6.94. The van der Waals surface area contributed by atoms with Crippen LogP contribution in [0.2, 0.25) is 0 Å². The van der Waals surface area contributed by atoms with Crippen molar-refractivity contribution in [1.29, 1.82) is 0 Å². The topological polar surface area (TPSA) is 65.5 Å². The Labute approximate surface area is 161 Å². The fourth-order valence-electron chi connectivity index (χ4n) is 3.07. The minimum absolute atomic E-state index is 0.0244. The molecule has 1 saturated carbocycles. The summed E-state index contributed by atoms with van der Waals surface area (Å²) in [5.74, 6) is 0.932. The lowest BCUT2D eigenvalue weighted by molar-refractivity contribution is -0.119. The van der Waals surface area contributed by atoms with E-state index in [2.05, 4.69) is 33.3 Å². The standard InChI is InChI=1S/C20H32N4OS/c1-5-14(2)19(25)23-16-8-6-7-15(11-16)13-22-20(21-3)24-17-9-10-18(12-17)26-4/h6-8,11,14,17-18H,5,9-10,12-13H2,1-4H3,(H,23,25)(H2,21,22,24). The SMILES string of the molecule is CCC(C)C(=O)Nc1cccc(CNC(=NC)NC2CCC(SC)C2)c1. The summed E-state index contributed by atoms with van der Waals surface area (Å²) in [4.78, 5) is 16.4. The highest BCUT2D eigenvalue weighted by molar-refractivity contribution is 7.99. The lowest BCUT2D eigenvalue weighted by atomic mass is 10.1. The molecule has 0 saturated heterocycles. The zero-order valence-electron chi connectivity index (χ0n) is 16.3. The molecule has 3 unspecified atom stereocenters. The number of nitrogens with zero attached hydrogens (tertiary/aromatic N) is 1. The van der Waals surface area contributed by atoms with Crippen LogP contribution >= 0.6 is 11.8 Å². The van der Waals surface area contributed by atoms with Crippen LogP contribution in [0.3, 0.4) is 0 Å². The number of hydrogen-bond donors (Lipinski definition) is 3. The number of thioether (sulfide) groups is 1. The Morgan fingerprint density at radius 1 is 1.38 bits per heavy atom. The van der Waals surface area contributed by atoms with Gasteiger partial charge in [0.1, 0.15) is 0 Å². The van der Waals surface area contributed by atoms with Gasteiger partial charge in [0.25, 0.3) is 0 Å². The maximum atomic E-state index is 12.1. The molecule has 3 atom stereocenters. The van der Waals surface area contributed by atoms with E-state index in [-0.39, 0.29) is 11.8 Å². The highest BCUT2D eigenvalue weighted by Crippen LogP contribution is 2.28. The van der Waals surface area contributed by atoms with Gasteiger partial charge in [0.2, 0.25) is 5.91 Å². The van der Waals surface area contributed by atoms with Gasteiger partial charge in [0, 0.05) is 36.5 Å². The Kier molecular flexibility index (Phi) is 8.29. The van der Waals surface area contributed by atoms with Gasteiger partial charge < -0.3 is 16.0 Å². The summed E-state index contributed by atoms with van der Waals surface area (Å²) in [6.45, 7) is 4.64. The van der Waals surface area contributed by atoms with Crippen LogP contribution in [0, 0.1) is 5.92 Å². The first kappa shape index (κ1) is 20.6. The molecule has 6 heteroatoms. The number of rotatable bonds is 7. The number of carbonyl (C=O) groups is 1. The highest BCUT2D eigenvalue weighted by Gasteiger charge is 2.24. The number of amides is 1. The van der Waals surface area contributed by atoms with Gasteiger partial charge in [-0.1, -0.05) is 26.0 Å². The van der Waals surface area contributed by atoms with Crippen LogP contribution in [0.15, 0.2) is 29.3 Å². The van der Waals surface area contributed by atoms with Crippen LogP contribution < -0.4 is 16.0 Å². The summed E-state index contributed by atoms with van der Waals surface area (Å²) in [5.41, 5.74) is 1.96. The molecule has 1 aliphatic carbocycles. The third kappa shape index (κ3) is 6.24. The second kappa shape index (κ2) is 10.5. The summed E-state index contributed by atoms with van der Waals surface area (Å²) >= 11 is 1.96. The number of hydrogen-bond acceptors (Lipinski definition) is 3. The molecule has 0 radical (unpaired) electrons. The van der Waals surface area contributed by atoms with Crippen molar-refractivity contribution in [2.75, 3.05) is 18.6 Å². The quantitative estimate of drug-likeness (QED) is 0.502. The van der Waals surface area contributed by atoms with Crippen molar-refractivity contribution in [1.82, 2.24) is 10.6 Å². The molecule has 144 valence electrons. The highest BCUT2D eigenvalue weighted by atomic mass is 32.2. The molecule has 0 aliphatic heterocycles. The maximum Gasteiger partial charge on any atom is 0.227 e. The lowest BCUT2D eigenvalue weighted by Crippen LogP contribution is -2.42. The molecule has 0 spiro atoms. The Morgan fingerprint density at radius 3 is 2.85 bits per heavy atom. The molecular formula is C20H32N4OS. The van der Waals surface area contributed by atoms with Gasteiger partial charge in [0.15, 0.2) is 5.96 Å². The van der Waals surface area contributed by atoms with E-state index < -0.39 is 0 Å². The number of guanidine groups is 1. The third-order valence-electron chi connectivity index (χ3n) is 5.00. The smallest absolute Gasteiger partial charge is 0.227 e.